The quantitative estimate of drug-likeness (QED) is 0.0784. The number of fused-ring (bicyclic) bond motifs is 2. The van der Waals surface area contributed by atoms with Crippen molar-refractivity contribution in [3.8, 4) is 0 Å². The zero-order chi connectivity index (χ0) is 40.3. The molecule has 0 atom stereocenters. The van der Waals surface area contributed by atoms with Gasteiger partial charge in [-0.3, -0.25) is 18.5 Å². The Bertz CT molecular complexity index is 2350. The first-order chi connectivity index (χ1) is 25.7. The van der Waals surface area contributed by atoms with Gasteiger partial charge < -0.3 is 10.0 Å². The predicted molar refractivity (Wildman–Crippen MR) is 210 cm³/mol. The lowest BCUT2D eigenvalue weighted by Crippen LogP contribution is -2.27. The highest BCUT2D eigenvalue weighted by Gasteiger charge is 2.40. The summed E-state index contributed by atoms with van der Waals surface area (Å²) < 4.78 is 101. The molecule has 3 aliphatic rings. The molecule has 0 unspecified atom stereocenters. The van der Waals surface area contributed by atoms with Gasteiger partial charge in [0.25, 0.3) is 30.4 Å². The van der Waals surface area contributed by atoms with Gasteiger partial charge in [-0.25, -0.2) is 0 Å². The average molecular weight is 818 g/mol. The summed E-state index contributed by atoms with van der Waals surface area (Å²) in [4.78, 5) is 12.6. The first-order valence-corrected chi connectivity index (χ1v) is 22.8. The van der Waals surface area contributed by atoms with Crippen LogP contribution in [0, 0.1) is 0 Å². The molecule has 2 aromatic carbocycles. The fourth-order valence-electron chi connectivity index (χ4n) is 7.66. The molecule has 2 aromatic rings. The second kappa shape index (κ2) is 16.7. The maximum absolute atomic E-state index is 12.0. The van der Waals surface area contributed by atoms with Crippen molar-refractivity contribution in [2.75, 3.05) is 23.7 Å². The Balaban J connectivity index is 1.45. The van der Waals surface area contributed by atoms with Crippen molar-refractivity contribution in [1.82, 2.24) is 0 Å². The van der Waals surface area contributed by atoms with Crippen molar-refractivity contribution < 1.29 is 53.4 Å². The number of rotatable bonds is 16. The summed E-state index contributed by atoms with van der Waals surface area (Å²) >= 11 is 0. The molecule has 4 N–H and O–H groups in total. The Morgan fingerprint density at radius 3 is 2.22 bits per heavy atom. The second-order valence-electron chi connectivity index (χ2n) is 14.8. The van der Waals surface area contributed by atoms with E-state index in [1.54, 1.807) is 12.1 Å². The number of aliphatic carboxylic acids is 1. The van der Waals surface area contributed by atoms with Crippen LogP contribution in [0.25, 0.3) is 0 Å². The monoisotopic (exact) mass is 817 g/mol. The molecule has 0 amide bonds. The molecule has 1 aliphatic carbocycles. The third kappa shape index (κ3) is 10.3. The molecule has 2 aliphatic heterocycles. The van der Waals surface area contributed by atoms with Crippen LogP contribution < -0.4 is 4.90 Å². The van der Waals surface area contributed by atoms with Crippen molar-refractivity contribution in [2.24, 2.45) is 0 Å². The Morgan fingerprint density at radius 2 is 1.55 bits per heavy atom. The van der Waals surface area contributed by atoms with Crippen LogP contribution in [0.4, 0.5) is 11.4 Å². The minimum Gasteiger partial charge on any atom is -0.481 e. The summed E-state index contributed by atoms with van der Waals surface area (Å²) in [7, 11) is -13.0. The lowest BCUT2D eigenvalue weighted by Gasteiger charge is -2.27. The number of anilines is 1. The van der Waals surface area contributed by atoms with Gasteiger partial charge in [0.15, 0.2) is 5.71 Å². The highest BCUT2D eigenvalue weighted by atomic mass is 32.2. The summed E-state index contributed by atoms with van der Waals surface area (Å²) in [6.07, 6.45) is 14.0. The zero-order valence-corrected chi connectivity index (χ0v) is 33.7. The molecule has 0 saturated heterocycles. The van der Waals surface area contributed by atoms with Gasteiger partial charge in [0.1, 0.15) is 6.54 Å². The van der Waals surface area contributed by atoms with Gasteiger partial charge in [0, 0.05) is 53.9 Å². The van der Waals surface area contributed by atoms with Crippen molar-refractivity contribution in [2.45, 2.75) is 100 Å². The number of carbonyl (C=O) groups is 1. The topological polar surface area (TPSA) is 207 Å². The number of carboxylic acid groups (broad SMARTS) is 1. The van der Waals surface area contributed by atoms with E-state index in [1.807, 2.05) is 30.9 Å². The number of benzene rings is 2. The van der Waals surface area contributed by atoms with E-state index in [0.29, 0.717) is 37.9 Å². The summed E-state index contributed by atoms with van der Waals surface area (Å²) in [6, 6.07) is 9.04. The first kappa shape index (κ1) is 42.2. The van der Waals surface area contributed by atoms with Crippen LogP contribution in [0.15, 0.2) is 92.9 Å². The Labute approximate surface area is 323 Å². The largest absolute Gasteiger partial charge is 0.481 e. The maximum atomic E-state index is 12.0. The summed E-state index contributed by atoms with van der Waals surface area (Å²) in [5.74, 6) is -1.21. The molecular weight excluding hydrogens is 769 g/mol. The highest BCUT2D eigenvalue weighted by molar-refractivity contribution is 7.86. The van der Waals surface area contributed by atoms with Crippen molar-refractivity contribution in [1.29, 1.82) is 0 Å². The number of hydrogen-bond acceptors (Lipinski definition) is 8. The molecule has 0 saturated carbocycles. The van der Waals surface area contributed by atoms with Gasteiger partial charge in [0.05, 0.1) is 22.0 Å². The van der Waals surface area contributed by atoms with Crippen LogP contribution in [0.1, 0.15) is 89.7 Å². The van der Waals surface area contributed by atoms with Crippen LogP contribution in [0.5, 0.6) is 0 Å². The van der Waals surface area contributed by atoms with E-state index in [0.717, 1.165) is 77.2 Å². The summed E-state index contributed by atoms with van der Waals surface area (Å²) in [6.45, 7) is 7.03. The molecule has 0 spiro atoms. The van der Waals surface area contributed by atoms with E-state index in [1.165, 1.54) is 24.3 Å². The molecule has 5 rings (SSSR count). The van der Waals surface area contributed by atoms with Gasteiger partial charge in [-0.15, -0.1) is 0 Å². The van der Waals surface area contributed by atoms with E-state index in [-0.39, 0.29) is 28.4 Å². The maximum Gasteiger partial charge on any atom is 0.303 e. The van der Waals surface area contributed by atoms with Gasteiger partial charge in [-0.2, -0.15) is 29.8 Å². The third-order valence-corrected chi connectivity index (χ3v) is 13.1. The smallest absolute Gasteiger partial charge is 0.303 e. The third-order valence-electron chi connectivity index (χ3n) is 10.6. The molecule has 16 heteroatoms. The van der Waals surface area contributed by atoms with E-state index >= 15 is 0 Å². The minimum atomic E-state index is -4.45. The lowest BCUT2D eigenvalue weighted by molar-refractivity contribution is -0.437. The number of allylic oxidation sites excluding steroid dienone is 8. The standard InChI is InChI=1S/C39H48N2O11S3/c1-27-28(13-15-31-24-30-25-32(54(47,48)49)16-18-35(30)40(31)21-6-4-5-12-38(42)43)10-9-11-29(27)14-20-37-39(2,3)34-26-33(55(50,51)52)17-19-36(34)41(37)22-7-8-23-53(44,45)46/h13-20,25-26H,4-12,21-24H2,1-3H3,(H3-,42,43,44,45,46,47,48,49,50,51,52)/p+1. The van der Waals surface area contributed by atoms with Crippen molar-refractivity contribution in [3.63, 3.8) is 0 Å². The fraction of sp³-hybridized carbons (Fsp3) is 0.436. The van der Waals surface area contributed by atoms with Crippen molar-refractivity contribution in [3.05, 3.63) is 94.2 Å². The molecular formula is C39H49N2O11S3+. The highest BCUT2D eigenvalue weighted by Crippen LogP contribution is 2.49. The van der Waals surface area contributed by atoms with Gasteiger partial charge >= 0.3 is 5.97 Å². The van der Waals surface area contributed by atoms with E-state index in [4.69, 9.17) is 5.11 Å². The van der Waals surface area contributed by atoms with E-state index in [2.05, 4.69) is 23.7 Å². The Hall–Kier alpha value is -3.93. The Morgan fingerprint density at radius 1 is 0.855 bits per heavy atom. The normalized spacial score (nSPS) is 18.9. The van der Waals surface area contributed by atoms with E-state index in [9.17, 15) is 43.7 Å². The van der Waals surface area contributed by atoms with Crippen LogP contribution in [0.2, 0.25) is 0 Å². The first-order valence-electron chi connectivity index (χ1n) is 18.3. The summed E-state index contributed by atoms with van der Waals surface area (Å²) in [5.41, 5.74) is 7.56. The average Bonchev–Trinajstić information content (AvgIpc) is 3.54. The number of carboxylic acids is 1. The van der Waals surface area contributed by atoms with Gasteiger partial charge in [0.2, 0.25) is 5.69 Å². The molecule has 0 radical (unpaired) electrons. The van der Waals surface area contributed by atoms with Crippen LogP contribution in [-0.2, 0) is 47.0 Å². The molecule has 13 nitrogen and oxygen atoms in total. The zero-order valence-electron chi connectivity index (χ0n) is 31.2. The number of nitrogens with zero attached hydrogens (tertiary/aromatic N) is 2. The van der Waals surface area contributed by atoms with Crippen LogP contribution >= 0.6 is 0 Å². The molecule has 2 heterocycles. The number of hydrogen-bond donors (Lipinski definition) is 4. The van der Waals surface area contributed by atoms with Crippen LogP contribution in [0.3, 0.4) is 0 Å². The molecule has 0 aromatic heterocycles. The minimum absolute atomic E-state index is 0.0965. The fourth-order valence-corrected chi connectivity index (χ4v) is 9.27. The van der Waals surface area contributed by atoms with Gasteiger partial charge in [-0.1, -0.05) is 26.0 Å². The summed E-state index contributed by atoms with van der Waals surface area (Å²) in [5, 5.41) is 9.02. The van der Waals surface area contributed by atoms with E-state index < -0.39 is 41.7 Å². The predicted octanol–water partition coefficient (Wildman–Crippen LogP) is 6.80. The molecule has 298 valence electrons. The second-order valence-corrected chi connectivity index (χ2v) is 19.2. The molecule has 0 bridgehead atoms. The van der Waals surface area contributed by atoms with Gasteiger partial charge in [-0.05, 0) is 111 Å². The molecule has 0 fully saturated rings. The van der Waals surface area contributed by atoms with Crippen LogP contribution in [-0.4, -0.2) is 79.1 Å². The SMILES string of the molecule is CC1=C(/C=C/C2=[N+](CCCCCC(=O)O)c3ccc(S(=O)(=O)O)cc3C2)CCC/C1=C\C=C1\N(CCCCS(=O)(=O)O)c2ccc(S(=O)(=O)O)cc2C1(C)C. The number of unbranched alkanes of at least 4 members (excludes halogenated alkanes) is 3. The van der Waals surface area contributed by atoms with Crippen molar-refractivity contribution >= 4 is 53.4 Å². The lowest BCUT2D eigenvalue weighted by atomic mass is 9.83. The Kier molecular flexibility index (Phi) is 12.8. The molecule has 55 heavy (non-hydrogen) atoms.